The molecule has 5 atom stereocenters. The van der Waals surface area contributed by atoms with Gasteiger partial charge in [0.15, 0.2) is 29.0 Å². The van der Waals surface area contributed by atoms with Crippen molar-refractivity contribution in [2.24, 2.45) is 0 Å². The van der Waals surface area contributed by atoms with Gasteiger partial charge in [-0.3, -0.25) is 9.55 Å². The third kappa shape index (κ3) is 9.46. The monoisotopic (exact) mass is 830 g/mol. The lowest BCUT2D eigenvalue weighted by Gasteiger charge is -2.22. The Morgan fingerprint density at radius 2 is 1.68 bits per heavy atom. The number of aryl methyl sites for hydroxylation is 1. The number of carbonyl (C=O) groups is 2. The number of aliphatic hydroxyl groups excluding tert-OH is 2. The van der Waals surface area contributed by atoms with E-state index in [9.17, 15) is 28.2 Å². The fourth-order valence-electron chi connectivity index (χ4n) is 6.96. The zero-order valence-electron chi connectivity index (χ0n) is 32.0. The van der Waals surface area contributed by atoms with Crippen LogP contribution in [-0.2, 0) is 16.0 Å². The van der Waals surface area contributed by atoms with E-state index < -0.39 is 36.7 Å². The van der Waals surface area contributed by atoms with Crippen LogP contribution in [-0.4, -0.2) is 101 Å². The molecule has 2 saturated heterocycles. The summed E-state index contributed by atoms with van der Waals surface area (Å²) in [4.78, 5) is 42.4. The number of halogens is 3. The van der Waals surface area contributed by atoms with Crippen molar-refractivity contribution in [3.8, 4) is 0 Å². The van der Waals surface area contributed by atoms with E-state index in [1.54, 1.807) is 35.2 Å². The average Bonchev–Trinajstić information content (AvgIpc) is 4.06. The highest BCUT2D eigenvalue weighted by Gasteiger charge is 2.47. The van der Waals surface area contributed by atoms with Gasteiger partial charge in [-0.2, -0.15) is 23.1 Å². The minimum Gasteiger partial charge on any atom is -0.475 e. The molecule has 17 nitrogen and oxygen atoms in total. The minimum absolute atomic E-state index is 0.00236. The van der Waals surface area contributed by atoms with Gasteiger partial charge in [-0.15, -0.1) is 0 Å². The molecule has 20 heteroatoms. The number of alkyl halides is 3. The summed E-state index contributed by atoms with van der Waals surface area (Å²) in [5, 5.41) is 43.0. The zero-order valence-corrected chi connectivity index (χ0v) is 32.0. The quantitative estimate of drug-likeness (QED) is 0.101. The first-order valence-corrected chi connectivity index (χ1v) is 19.0. The molecule has 2 amide bonds. The lowest BCUT2D eigenvalue weighted by Crippen LogP contribution is -2.40. The summed E-state index contributed by atoms with van der Waals surface area (Å²) >= 11 is 0. The number of pyridine rings is 1. The molecule has 0 radical (unpaired) electrons. The molecule has 2 aliphatic rings. The number of ether oxygens (including phenoxy) is 1. The fourth-order valence-corrected chi connectivity index (χ4v) is 6.96. The van der Waals surface area contributed by atoms with Gasteiger partial charge in [0, 0.05) is 43.9 Å². The van der Waals surface area contributed by atoms with Crippen molar-refractivity contribution in [1.82, 2.24) is 35.0 Å². The molecule has 314 valence electrons. The average molecular weight is 831 g/mol. The number of rotatable bonds is 11. The second kappa shape index (κ2) is 18.1. The molecule has 2 aliphatic heterocycles. The van der Waals surface area contributed by atoms with E-state index in [0.29, 0.717) is 72.5 Å². The molecule has 60 heavy (non-hydrogen) atoms. The Morgan fingerprint density at radius 1 is 0.983 bits per heavy atom. The first kappa shape index (κ1) is 41.5. The summed E-state index contributed by atoms with van der Waals surface area (Å²) in [6.07, 6.45) is -3.57. The fraction of sp³-hybridized carbons (Fsp3) is 0.325. The largest absolute Gasteiger partial charge is 0.490 e. The second-order valence-corrected chi connectivity index (χ2v) is 14.0. The van der Waals surface area contributed by atoms with Gasteiger partial charge in [-0.1, -0.05) is 72.7 Å². The van der Waals surface area contributed by atoms with Crippen LogP contribution in [0.1, 0.15) is 54.2 Å². The number of carboxylic acid groups (broad SMARTS) is 1. The van der Waals surface area contributed by atoms with Gasteiger partial charge in [0.1, 0.15) is 18.3 Å². The van der Waals surface area contributed by atoms with Crippen LogP contribution in [0.15, 0.2) is 102 Å². The number of fused-ring (bicyclic) bond motifs is 1. The Hall–Kier alpha value is -6.64. The number of anilines is 3. The maximum absolute atomic E-state index is 12.8. The van der Waals surface area contributed by atoms with E-state index in [2.05, 4.69) is 50.4 Å². The van der Waals surface area contributed by atoms with E-state index in [1.165, 1.54) is 6.33 Å². The molecule has 2 unspecified atom stereocenters. The Morgan fingerprint density at radius 3 is 2.30 bits per heavy atom. The van der Waals surface area contributed by atoms with Crippen molar-refractivity contribution in [3.05, 3.63) is 120 Å². The van der Waals surface area contributed by atoms with Gasteiger partial charge >= 0.3 is 18.2 Å². The number of aliphatic carboxylic acids is 1. The molecule has 2 fully saturated rings. The van der Waals surface area contributed by atoms with E-state index >= 15 is 0 Å². The number of aromatic nitrogens is 6. The second-order valence-electron chi connectivity index (χ2n) is 14.0. The number of nitrogens with zero attached hydrogens (tertiary/aromatic N) is 7. The van der Waals surface area contributed by atoms with Crippen molar-refractivity contribution in [2.45, 2.75) is 62.4 Å². The molecule has 6 heterocycles. The molecule has 6 aromatic rings. The van der Waals surface area contributed by atoms with Crippen LogP contribution < -0.4 is 20.9 Å². The van der Waals surface area contributed by atoms with Crippen LogP contribution in [0.3, 0.4) is 0 Å². The van der Waals surface area contributed by atoms with Gasteiger partial charge in [-0.25, -0.2) is 14.6 Å². The Labute approximate surface area is 340 Å². The van der Waals surface area contributed by atoms with Gasteiger partial charge in [0.25, 0.3) is 0 Å². The number of hydrogen-bond donors (Lipinski definition) is 6. The third-order valence-corrected chi connectivity index (χ3v) is 9.99. The molecule has 6 N–H and O–H groups in total. The van der Waals surface area contributed by atoms with Crippen LogP contribution >= 0.6 is 0 Å². The molecule has 2 aromatic carbocycles. The highest BCUT2D eigenvalue weighted by molar-refractivity contribution is 5.89. The SMILES string of the molecule is CCc1cc([C@@H]2O[C@@H](n3cnc4c(NCC(c5ccccc5)c5ccccc5)nc(N5CCC(NC(=O)Nc6cccnc6)C5)nc43)[C@H](O)C2O)on1.O=C(O)C(F)(F)F. The normalized spacial score (nSPS) is 20.2. The first-order valence-electron chi connectivity index (χ1n) is 19.0. The summed E-state index contributed by atoms with van der Waals surface area (Å²) in [7, 11) is 0. The van der Waals surface area contributed by atoms with Crippen LogP contribution in [0.4, 0.5) is 35.4 Å². The number of hydrogen-bond acceptors (Lipinski definition) is 13. The van der Waals surface area contributed by atoms with Gasteiger partial charge in [0.05, 0.1) is 23.9 Å². The summed E-state index contributed by atoms with van der Waals surface area (Å²) in [6, 6.07) is 25.3. The number of amides is 2. The van der Waals surface area contributed by atoms with E-state index in [0.717, 1.165) is 11.1 Å². The van der Waals surface area contributed by atoms with Crippen LogP contribution in [0.2, 0.25) is 0 Å². The predicted octanol–water partition coefficient (Wildman–Crippen LogP) is 5.04. The molecular formula is C40H41F3N10O7. The topological polar surface area (TPSA) is 226 Å². The predicted molar refractivity (Wildman–Crippen MR) is 210 cm³/mol. The van der Waals surface area contributed by atoms with Crippen LogP contribution in [0.25, 0.3) is 11.2 Å². The van der Waals surface area contributed by atoms with Crippen LogP contribution in [0, 0.1) is 0 Å². The maximum Gasteiger partial charge on any atom is 0.490 e. The number of urea groups is 1. The molecule has 0 aliphatic carbocycles. The number of benzene rings is 2. The van der Waals surface area contributed by atoms with Gasteiger partial charge < -0.3 is 45.4 Å². The van der Waals surface area contributed by atoms with E-state index in [-0.39, 0.29) is 18.0 Å². The number of carbonyl (C=O) groups excluding carboxylic acids is 1. The zero-order chi connectivity index (χ0) is 42.4. The number of aliphatic hydroxyl groups is 2. The van der Waals surface area contributed by atoms with Gasteiger partial charge in [-0.05, 0) is 36.1 Å². The third-order valence-electron chi connectivity index (χ3n) is 9.99. The van der Waals surface area contributed by atoms with Crippen molar-refractivity contribution >= 4 is 40.6 Å². The minimum atomic E-state index is -5.08. The number of imidazole rings is 1. The Kier molecular flexibility index (Phi) is 12.5. The molecule has 0 saturated carbocycles. The molecule has 8 rings (SSSR count). The van der Waals surface area contributed by atoms with Crippen molar-refractivity contribution in [2.75, 3.05) is 35.2 Å². The molecule has 0 bridgehead atoms. The maximum atomic E-state index is 12.8. The molecule has 4 aromatic heterocycles. The smallest absolute Gasteiger partial charge is 0.475 e. The van der Waals surface area contributed by atoms with Crippen molar-refractivity contribution in [1.29, 1.82) is 0 Å². The highest BCUT2D eigenvalue weighted by atomic mass is 19.4. The summed E-state index contributed by atoms with van der Waals surface area (Å²) < 4.78 is 45.1. The van der Waals surface area contributed by atoms with E-state index in [4.69, 9.17) is 34.1 Å². The van der Waals surface area contributed by atoms with Crippen LogP contribution in [0.5, 0.6) is 0 Å². The molecular weight excluding hydrogens is 789 g/mol. The Bertz CT molecular complexity index is 2330. The molecule has 0 spiro atoms. The van der Waals surface area contributed by atoms with Crippen molar-refractivity contribution in [3.63, 3.8) is 0 Å². The lowest BCUT2D eigenvalue weighted by molar-refractivity contribution is -0.192. The summed E-state index contributed by atoms with van der Waals surface area (Å²) in [5.41, 5.74) is 4.47. The van der Waals surface area contributed by atoms with Crippen molar-refractivity contribution < 1.29 is 47.3 Å². The highest BCUT2D eigenvalue weighted by Crippen LogP contribution is 2.41. The lowest BCUT2D eigenvalue weighted by atomic mass is 9.91. The first-order chi connectivity index (χ1) is 28.9. The number of nitrogens with one attached hydrogen (secondary N) is 3. The Balaban J connectivity index is 0.000000716. The summed E-state index contributed by atoms with van der Waals surface area (Å²) in [5.74, 6) is -1.51. The van der Waals surface area contributed by atoms with E-state index in [1.807, 2.05) is 48.2 Å². The standard InChI is InChI=1S/C38H40N10O5.C2HF3O2/c1-2-25-18-29(53-46-25)33-31(49)32(50)36(52-33)48-22-41-30-34(40-20-28(23-10-5-3-6-11-23)24-12-7-4-8-13-24)44-37(45-35(30)48)47-17-15-27(21-47)43-38(51)42-26-14-9-16-39-19-26;3-2(4,5)1(6)7/h3-14,16,18-19,22,27-28,31-33,36,49-50H,2,15,17,20-21H2,1H3,(H,40,44,45)(H2,42,43,51);(H,6,7)/t27?,31?,32-,33+,36-;/m1./s1. The van der Waals surface area contributed by atoms with Gasteiger partial charge in [0.2, 0.25) is 5.95 Å². The number of carboxylic acids is 1. The summed E-state index contributed by atoms with van der Waals surface area (Å²) in [6.45, 7) is 3.50.